The van der Waals surface area contributed by atoms with Crippen LogP contribution in [0.15, 0.2) is 0 Å². The van der Waals surface area contributed by atoms with Crippen molar-refractivity contribution < 1.29 is 34.1 Å². The van der Waals surface area contributed by atoms with Crippen molar-refractivity contribution in [2.24, 2.45) is 0 Å². The van der Waals surface area contributed by atoms with Gasteiger partial charge in [-0.05, 0) is 0 Å². The van der Waals surface area contributed by atoms with Crippen LogP contribution in [0.2, 0.25) is 20.1 Å². The molecule has 0 spiro atoms. The molecule has 0 heterocycles. The Morgan fingerprint density at radius 2 is 1.12 bits per heavy atom. The monoisotopic (exact) mass is 592 g/mol. The van der Waals surface area contributed by atoms with Gasteiger partial charge in [-0.15, -0.1) is 0 Å². The molecule has 1 rings (SSSR count). The molecule has 0 aromatic heterocycles. The fourth-order valence-electron chi connectivity index (χ4n) is 1.16. The predicted molar refractivity (Wildman–Crippen MR) is 112 cm³/mol. The van der Waals surface area contributed by atoms with E-state index in [1.807, 2.05) is 0 Å². The fourth-order valence-corrected chi connectivity index (χ4v) is 2.64. The second-order valence-corrected chi connectivity index (χ2v) is 7.32. The number of benzene rings is 1. The standard InChI is InChI=1S/C8Cl4N2.C4H8N2S4.Cu.Mn/c9-5-3(1-13)6(10)8(12)7(11)4(5)2-14;7-3(8)5-1-2-6-4(9)10;;/h;1-2H2,(H2,5,7,8)(H2,6,9,10);;/q;;;+2/p-2. The van der Waals surface area contributed by atoms with Gasteiger partial charge in [-0.3, -0.25) is 0 Å². The fraction of sp³-hybridized carbons (Fsp3) is 0.167. The number of halogens is 4. The molecule has 0 atom stereocenters. The average Bonchev–Trinajstić information content (AvgIpc) is 2.51. The van der Waals surface area contributed by atoms with Crippen LogP contribution < -0.4 is 10.6 Å². The first-order chi connectivity index (χ1) is 11.2. The van der Waals surface area contributed by atoms with Crippen molar-refractivity contribution in [3.8, 4) is 12.1 Å². The minimum absolute atomic E-state index is 0. The maximum atomic E-state index is 8.70. The van der Waals surface area contributed by atoms with Crippen LogP contribution in [-0.2, 0) is 59.4 Å². The molecule has 0 saturated heterocycles. The molecule has 1 aromatic rings. The van der Waals surface area contributed by atoms with Gasteiger partial charge in [-0.1, -0.05) is 55.0 Å². The number of hydrogen-bond acceptors (Lipinski definition) is 6. The Balaban J connectivity index is -0.000000398. The molecule has 2 radical (unpaired) electrons. The number of rotatable bonds is 3. The number of nitriles is 2. The topological polar surface area (TPSA) is 71.6 Å². The van der Waals surface area contributed by atoms with Gasteiger partial charge < -0.3 is 60.3 Å². The Morgan fingerprint density at radius 1 is 0.808 bits per heavy atom. The molecule has 0 bridgehead atoms. The van der Waals surface area contributed by atoms with Gasteiger partial charge >= 0.3 is 17.1 Å². The van der Waals surface area contributed by atoms with E-state index in [2.05, 4.69) is 60.3 Å². The van der Waals surface area contributed by atoms with Gasteiger partial charge in [0.05, 0.1) is 31.2 Å². The smallest absolute Gasteiger partial charge is 0.412 e. The third-order valence-electron chi connectivity index (χ3n) is 2.15. The van der Waals surface area contributed by atoms with Gasteiger partial charge in [0.15, 0.2) is 0 Å². The van der Waals surface area contributed by atoms with Gasteiger partial charge in [0.2, 0.25) is 0 Å². The molecule has 2 N–H and O–H groups in total. The van der Waals surface area contributed by atoms with Gasteiger partial charge in [0.1, 0.15) is 12.1 Å². The van der Waals surface area contributed by atoms with Gasteiger partial charge in [0.25, 0.3) is 0 Å². The quantitative estimate of drug-likeness (QED) is 0.137. The van der Waals surface area contributed by atoms with Crippen LogP contribution in [0.1, 0.15) is 11.1 Å². The van der Waals surface area contributed by atoms with Crippen LogP contribution in [0.4, 0.5) is 0 Å². The van der Waals surface area contributed by atoms with E-state index in [4.69, 9.17) is 56.9 Å². The summed E-state index contributed by atoms with van der Waals surface area (Å²) < 4.78 is 0.745. The molecular weight excluding hydrogens is 589 g/mol. The molecular formula is C12H6Cl4CuMnN4S4. The van der Waals surface area contributed by atoms with Gasteiger partial charge in [-0.25, -0.2) is 0 Å². The summed E-state index contributed by atoms with van der Waals surface area (Å²) in [6.45, 7) is 1.33. The summed E-state index contributed by atoms with van der Waals surface area (Å²) in [6, 6.07) is 3.50. The van der Waals surface area contributed by atoms with Crippen molar-refractivity contribution >= 4 is 105 Å². The van der Waals surface area contributed by atoms with E-state index in [9.17, 15) is 0 Å². The minimum Gasteiger partial charge on any atom is -0.412 e. The average molecular weight is 595 g/mol. The Kier molecular flexibility index (Phi) is 19.9. The molecule has 0 aliphatic rings. The van der Waals surface area contributed by atoms with Crippen LogP contribution in [-0.4, -0.2) is 21.7 Å². The summed E-state index contributed by atoms with van der Waals surface area (Å²) in [6.07, 6.45) is 0. The second-order valence-electron chi connectivity index (χ2n) is 3.66. The van der Waals surface area contributed by atoms with Crippen molar-refractivity contribution in [1.29, 1.82) is 10.5 Å². The van der Waals surface area contributed by atoms with Gasteiger partial charge in [-0.2, -0.15) is 10.5 Å². The zero-order valence-electron chi connectivity index (χ0n) is 12.1. The summed E-state index contributed by atoms with van der Waals surface area (Å²) >= 11 is 41.2. The van der Waals surface area contributed by atoms with E-state index in [0.717, 1.165) is 0 Å². The first kappa shape index (κ1) is 31.3. The van der Waals surface area contributed by atoms with E-state index in [0.29, 0.717) is 21.7 Å². The number of hydrogen-bond donors (Lipinski definition) is 2. The summed E-state index contributed by atoms with van der Waals surface area (Å²) in [5.74, 6) is 0. The molecule has 1 aromatic carbocycles. The van der Waals surface area contributed by atoms with Gasteiger partial charge in [0, 0.05) is 30.2 Å². The summed E-state index contributed by atoms with van der Waals surface area (Å²) in [4.78, 5) is 0. The Labute approximate surface area is 214 Å². The summed E-state index contributed by atoms with van der Waals surface area (Å²) in [7, 11) is 0. The molecule has 0 amide bonds. The molecule has 144 valence electrons. The van der Waals surface area contributed by atoms with Crippen LogP contribution in [0.5, 0.6) is 0 Å². The number of nitrogens with zero attached hydrogens (tertiary/aromatic N) is 2. The van der Waals surface area contributed by atoms with Crippen LogP contribution >= 0.6 is 70.8 Å². The molecule has 0 unspecified atom stereocenters. The van der Waals surface area contributed by atoms with E-state index in [1.165, 1.54) is 0 Å². The summed E-state index contributed by atoms with van der Waals surface area (Å²) in [5.41, 5.74) is -0.0847. The molecule has 26 heavy (non-hydrogen) atoms. The predicted octanol–water partition coefficient (Wildman–Crippen LogP) is 3.87. The van der Waals surface area contributed by atoms with Crippen molar-refractivity contribution in [2.75, 3.05) is 13.1 Å². The SMILES string of the molecule is N#Cc1c(Cl)c(Cl)c(Cl)c(C#N)c1Cl.S=C([S-])NCCNC(=S)[S-].[Cu].[Mn+2]. The van der Waals surface area contributed by atoms with Crippen molar-refractivity contribution in [2.45, 2.75) is 0 Å². The molecule has 0 aliphatic carbocycles. The molecule has 0 aliphatic heterocycles. The Bertz CT molecular complexity index is 682. The van der Waals surface area contributed by atoms with E-state index in [-0.39, 0.29) is 65.4 Å². The van der Waals surface area contributed by atoms with E-state index < -0.39 is 0 Å². The maximum Gasteiger partial charge on any atom is 2.00 e. The van der Waals surface area contributed by atoms with E-state index >= 15 is 0 Å². The van der Waals surface area contributed by atoms with Crippen LogP contribution in [0.25, 0.3) is 0 Å². The molecule has 14 heteroatoms. The van der Waals surface area contributed by atoms with Crippen molar-refractivity contribution in [1.82, 2.24) is 10.6 Å². The zero-order chi connectivity index (χ0) is 18.9. The van der Waals surface area contributed by atoms with E-state index in [1.54, 1.807) is 12.1 Å². The second kappa shape index (κ2) is 16.6. The number of nitrogens with one attached hydrogen (secondary N) is 2. The summed E-state index contributed by atoms with van der Waals surface area (Å²) in [5, 5.41) is 22.8. The van der Waals surface area contributed by atoms with Crippen molar-refractivity contribution in [3.05, 3.63) is 31.2 Å². The molecule has 0 fully saturated rings. The molecule has 4 nitrogen and oxygen atoms in total. The maximum absolute atomic E-state index is 8.70. The normalized spacial score (nSPS) is 8.23. The first-order valence-electron chi connectivity index (χ1n) is 5.73. The third kappa shape index (κ3) is 10.8. The minimum atomic E-state index is -0.0746. The third-order valence-corrected chi connectivity index (χ3v) is 4.43. The first-order valence-corrected chi connectivity index (χ1v) is 8.87. The molecule has 0 saturated carbocycles. The zero-order valence-corrected chi connectivity index (χ0v) is 20.5. The van der Waals surface area contributed by atoms with Crippen LogP contribution in [0, 0.1) is 22.7 Å². The van der Waals surface area contributed by atoms with Crippen LogP contribution in [0.3, 0.4) is 0 Å². The Hall–Kier alpha value is 0.619. The van der Waals surface area contributed by atoms with Crippen molar-refractivity contribution in [3.63, 3.8) is 0 Å². The number of thiocarbonyl (C=S) groups is 2. The largest absolute Gasteiger partial charge is 2.00 e. The Morgan fingerprint density at radius 3 is 1.35 bits per heavy atom.